The van der Waals surface area contributed by atoms with Crippen molar-refractivity contribution in [2.24, 2.45) is 4.99 Å². The van der Waals surface area contributed by atoms with Gasteiger partial charge in [-0.15, -0.1) is 13.2 Å². The van der Waals surface area contributed by atoms with E-state index in [2.05, 4.69) is 43.8 Å². The molecule has 148 valence electrons. The van der Waals surface area contributed by atoms with E-state index in [-0.39, 0.29) is 11.2 Å². The Bertz CT molecular complexity index is 836. The largest absolute Gasteiger partial charge is 0.507 e. The fourth-order valence-corrected chi connectivity index (χ4v) is 2.91. The molecule has 0 aromatic heterocycles. The molecular formula is C24H30N2O2. The number of hydrogen-bond acceptors (Lipinski definition) is 4. The van der Waals surface area contributed by atoms with Gasteiger partial charge < -0.3 is 14.7 Å². The Morgan fingerprint density at radius 1 is 1.07 bits per heavy atom. The maximum atomic E-state index is 10.7. The molecule has 4 nitrogen and oxygen atoms in total. The van der Waals surface area contributed by atoms with Crippen LogP contribution in [-0.2, 0) is 5.41 Å². The van der Waals surface area contributed by atoms with Crippen molar-refractivity contribution in [1.29, 1.82) is 0 Å². The number of rotatable bonds is 8. The highest BCUT2D eigenvalue weighted by Crippen LogP contribution is 2.36. The zero-order valence-electron chi connectivity index (χ0n) is 17.3. The van der Waals surface area contributed by atoms with E-state index in [1.165, 1.54) is 0 Å². The number of phenolic OH excluding ortho intramolecular Hbond substituents is 1. The molecule has 2 aromatic rings. The number of aromatic hydroxyl groups is 1. The molecule has 28 heavy (non-hydrogen) atoms. The van der Waals surface area contributed by atoms with Gasteiger partial charge in [0.1, 0.15) is 11.5 Å². The number of anilines is 1. The number of hydrogen-bond donors (Lipinski definition) is 1. The van der Waals surface area contributed by atoms with Gasteiger partial charge in [-0.25, -0.2) is 0 Å². The lowest BCUT2D eigenvalue weighted by atomic mass is 9.85. The Morgan fingerprint density at radius 2 is 1.68 bits per heavy atom. The summed E-state index contributed by atoms with van der Waals surface area (Å²) < 4.78 is 5.39. The maximum Gasteiger partial charge on any atom is 0.128 e. The topological polar surface area (TPSA) is 45.1 Å². The summed E-state index contributed by atoms with van der Waals surface area (Å²) in [6, 6.07) is 11.6. The van der Waals surface area contributed by atoms with Gasteiger partial charge in [-0.05, 0) is 41.8 Å². The third kappa shape index (κ3) is 5.26. The molecule has 0 saturated heterocycles. The third-order valence-electron chi connectivity index (χ3n) is 4.42. The molecule has 0 radical (unpaired) electrons. The van der Waals surface area contributed by atoms with Crippen LogP contribution in [0.25, 0.3) is 0 Å². The third-order valence-corrected chi connectivity index (χ3v) is 4.42. The molecule has 4 heteroatoms. The summed E-state index contributed by atoms with van der Waals surface area (Å²) >= 11 is 0. The highest BCUT2D eigenvalue weighted by atomic mass is 16.5. The van der Waals surface area contributed by atoms with Crippen LogP contribution in [0.2, 0.25) is 0 Å². The van der Waals surface area contributed by atoms with Crippen LogP contribution in [-0.4, -0.2) is 31.5 Å². The minimum atomic E-state index is -0.206. The van der Waals surface area contributed by atoms with E-state index in [1.807, 2.05) is 42.5 Å². The lowest BCUT2D eigenvalue weighted by Crippen LogP contribution is -2.22. The van der Waals surface area contributed by atoms with Crippen LogP contribution >= 0.6 is 0 Å². The molecule has 0 atom stereocenters. The molecule has 0 heterocycles. The summed E-state index contributed by atoms with van der Waals surface area (Å²) in [5, 5.41) is 10.7. The van der Waals surface area contributed by atoms with Crippen LogP contribution in [0.15, 0.2) is 66.7 Å². The van der Waals surface area contributed by atoms with Gasteiger partial charge in [-0.2, -0.15) is 0 Å². The second-order valence-electron chi connectivity index (χ2n) is 7.62. The van der Waals surface area contributed by atoms with Crippen LogP contribution in [0, 0.1) is 0 Å². The number of phenols is 1. The normalized spacial score (nSPS) is 11.4. The van der Waals surface area contributed by atoms with Crippen LogP contribution in [0.1, 0.15) is 31.9 Å². The van der Waals surface area contributed by atoms with Gasteiger partial charge in [0.15, 0.2) is 0 Å². The standard InChI is InChI=1S/C24H30N2O2/c1-7-13-26(14-8-2)20-11-9-19(10-12-20)25-17-18-15-21(28-6)16-22(23(18)27)24(3,4)5/h7-12,15-17,27H,1-2,13-14H2,3-6H3. The van der Waals surface area contributed by atoms with Gasteiger partial charge >= 0.3 is 0 Å². The minimum absolute atomic E-state index is 0.206. The van der Waals surface area contributed by atoms with Gasteiger partial charge in [0.05, 0.1) is 12.8 Å². The first-order valence-electron chi connectivity index (χ1n) is 9.32. The average Bonchev–Trinajstić information content (AvgIpc) is 2.66. The van der Waals surface area contributed by atoms with E-state index in [0.29, 0.717) is 11.3 Å². The lowest BCUT2D eigenvalue weighted by Gasteiger charge is -2.22. The van der Waals surface area contributed by atoms with Crippen molar-refractivity contribution in [2.75, 3.05) is 25.1 Å². The molecule has 0 aliphatic carbocycles. The number of benzene rings is 2. The first-order chi connectivity index (χ1) is 13.3. The predicted octanol–water partition coefficient (Wildman–Crippen LogP) is 5.63. The number of ether oxygens (including phenoxy) is 1. The van der Waals surface area contributed by atoms with Gasteiger partial charge in [0.25, 0.3) is 0 Å². The molecule has 0 fully saturated rings. The van der Waals surface area contributed by atoms with Crippen molar-refractivity contribution < 1.29 is 9.84 Å². The summed E-state index contributed by atoms with van der Waals surface area (Å²) in [6.07, 6.45) is 5.41. The summed E-state index contributed by atoms with van der Waals surface area (Å²) in [4.78, 5) is 6.69. The molecule has 2 aromatic carbocycles. The Labute approximate surface area is 168 Å². The zero-order valence-corrected chi connectivity index (χ0v) is 17.3. The smallest absolute Gasteiger partial charge is 0.128 e. The van der Waals surface area contributed by atoms with Crippen LogP contribution in [0.3, 0.4) is 0 Å². The monoisotopic (exact) mass is 378 g/mol. The molecule has 0 aliphatic heterocycles. The lowest BCUT2D eigenvalue weighted by molar-refractivity contribution is 0.405. The number of nitrogens with zero attached hydrogens (tertiary/aromatic N) is 2. The Morgan fingerprint density at radius 3 is 2.18 bits per heavy atom. The van der Waals surface area contributed by atoms with E-state index in [4.69, 9.17) is 4.74 Å². The molecule has 0 aliphatic rings. The highest BCUT2D eigenvalue weighted by Gasteiger charge is 2.21. The van der Waals surface area contributed by atoms with E-state index in [1.54, 1.807) is 19.4 Å². The van der Waals surface area contributed by atoms with E-state index >= 15 is 0 Å². The van der Waals surface area contributed by atoms with Crippen LogP contribution < -0.4 is 9.64 Å². The van der Waals surface area contributed by atoms with Crippen molar-refractivity contribution in [2.45, 2.75) is 26.2 Å². The van der Waals surface area contributed by atoms with E-state index in [9.17, 15) is 5.11 Å². The van der Waals surface area contributed by atoms with Crippen molar-refractivity contribution in [3.63, 3.8) is 0 Å². The molecule has 1 N–H and O–H groups in total. The fraction of sp³-hybridized carbons (Fsp3) is 0.292. The van der Waals surface area contributed by atoms with Crippen molar-refractivity contribution in [3.8, 4) is 11.5 Å². The van der Waals surface area contributed by atoms with Gasteiger partial charge in [0, 0.05) is 36.1 Å². The second-order valence-corrected chi connectivity index (χ2v) is 7.62. The van der Waals surface area contributed by atoms with Gasteiger partial charge in [-0.3, -0.25) is 4.99 Å². The zero-order chi connectivity index (χ0) is 20.7. The summed E-state index contributed by atoms with van der Waals surface area (Å²) in [5.41, 5.74) is 3.14. The average molecular weight is 379 g/mol. The quantitative estimate of drug-likeness (QED) is 0.478. The molecule has 0 bridgehead atoms. The number of aliphatic imine (C=N–C) groups is 1. The van der Waals surface area contributed by atoms with Gasteiger partial charge in [0.2, 0.25) is 0 Å². The molecular weight excluding hydrogens is 348 g/mol. The Hall–Kier alpha value is -3.01. The SMILES string of the molecule is C=CCN(CC=C)c1ccc(N=Cc2cc(OC)cc(C(C)(C)C)c2O)cc1. The first kappa shape index (κ1) is 21.3. The Balaban J connectivity index is 2.30. The molecule has 0 saturated carbocycles. The van der Waals surface area contributed by atoms with E-state index < -0.39 is 0 Å². The van der Waals surface area contributed by atoms with Crippen LogP contribution in [0.4, 0.5) is 11.4 Å². The van der Waals surface area contributed by atoms with Crippen molar-refractivity contribution in [1.82, 2.24) is 0 Å². The highest BCUT2D eigenvalue weighted by molar-refractivity contribution is 5.87. The molecule has 0 amide bonds. The molecule has 2 rings (SSSR count). The summed E-state index contributed by atoms with van der Waals surface area (Å²) in [7, 11) is 1.62. The van der Waals surface area contributed by atoms with Crippen molar-refractivity contribution >= 4 is 17.6 Å². The summed E-state index contributed by atoms with van der Waals surface area (Å²) in [5.74, 6) is 0.931. The minimum Gasteiger partial charge on any atom is -0.507 e. The molecule has 0 unspecified atom stereocenters. The number of methoxy groups -OCH3 is 1. The first-order valence-corrected chi connectivity index (χ1v) is 9.32. The second kappa shape index (κ2) is 9.27. The molecule has 0 spiro atoms. The van der Waals surface area contributed by atoms with Crippen LogP contribution in [0.5, 0.6) is 11.5 Å². The van der Waals surface area contributed by atoms with Crippen molar-refractivity contribution in [3.05, 3.63) is 72.8 Å². The summed E-state index contributed by atoms with van der Waals surface area (Å²) in [6.45, 7) is 15.3. The van der Waals surface area contributed by atoms with E-state index in [0.717, 1.165) is 30.0 Å². The van der Waals surface area contributed by atoms with Gasteiger partial charge in [-0.1, -0.05) is 32.9 Å². The predicted molar refractivity (Wildman–Crippen MR) is 120 cm³/mol. The fourth-order valence-electron chi connectivity index (χ4n) is 2.91. The maximum absolute atomic E-state index is 10.7. The Kier molecular flexibility index (Phi) is 7.05.